The lowest BCUT2D eigenvalue weighted by Crippen LogP contribution is -2.05. The van der Waals surface area contributed by atoms with E-state index in [0.717, 1.165) is 0 Å². The molecule has 4 nitrogen and oxygen atoms in total. The molecule has 0 aliphatic heterocycles. The van der Waals surface area contributed by atoms with Gasteiger partial charge in [0.05, 0.1) is 22.3 Å². The minimum atomic E-state index is 0.152. The van der Waals surface area contributed by atoms with Crippen LogP contribution in [-0.2, 0) is 10.7 Å². The molecule has 0 spiro atoms. The van der Waals surface area contributed by atoms with Crippen molar-refractivity contribution in [1.29, 1.82) is 21.0 Å². The zero-order valence-corrected chi connectivity index (χ0v) is 12.1. The van der Waals surface area contributed by atoms with Crippen molar-refractivity contribution in [3.63, 3.8) is 0 Å². The minimum Gasteiger partial charge on any atom is -0.192 e. The van der Waals surface area contributed by atoms with Gasteiger partial charge in [0.25, 0.3) is 0 Å². The van der Waals surface area contributed by atoms with Gasteiger partial charge in [-0.1, -0.05) is 31.9 Å². The zero-order valence-electron chi connectivity index (χ0n) is 8.96. The summed E-state index contributed by atoms with van der Waals surface area (Å²) in [5.41, 5.74) is 1.38. The monoisotopic (exact) mass is 362 g/mol. The van der Waals surface area contributed by atoms with Crippen LogP contribution in [0.2, 0.25) is 0 Å². The maximum absolute atomic E-state index is 9.14. The summed E-state index contributed by atoms with van der Waals surface area (Å²) in [5.74, 6) is 0. The molecule has 0 heterocycles. The van der Waals surface area contributed by atoms with E-state index in [0.29, 0.717) is 11.1 Å². The number of halogens is 2. The Morgan fingerprint density at radius 2 is 0.833 bits per heavy atom. The molecule has 1 rings (SSSR count). The summed E-state index contributed by atoms with van der Waals surface area (Å²) in [6.45, 7) is 0. The van der Waals surface area contributed by atoms with E-state index in [4.69, 9.17) is 21.0 Å². The lowest BCUT2D eigenvalue weighted by molar-refractivity contribution is 1.23. The highest BCUT2D eigenvalue weighted by atomic mass is 79.9. The topological polar surface area (TPSA) is 95.2 Å². The van der Waals surface area contributed by atoms with Crippen molar-refractivity contribution < 1.29 is 0 Å². The Labute approximate surface area is 121 Å². The molecule has 0 atom stereocenters. The van der Waals surface area contributed by atoms with Crippen molar-refractivity contribution in [2.45, 2.75) is 10.7 Å². The van der Waals surface area contributed by atoms with Crippen LogP contribution in [0.1, 0.15) is 33.4 Å². The van der Waals surface area contributed by atoms with Crippen LogP contribution in [0.25, 0.3) is 0 Å². The first kappa shape index (κ1) is 14.2. The first-order valence-corrected chi connectivity index (χ1v) is 6.88. The highest BCUT2D eigenvalue weighted by Crippen LogP contribution is 2.30. The number of benzene rings is 1. The van der Waals surface area contributed by atoms with Crippen LogP contribution in [0.4, 0.5) is 0 Å². The fourth-order valence-electron chi connectivity index (χ4n) is 1.61. The third-order valence-electron chi connectivity index (χ3n) is 2.42. The van der Waals surface area contributed by atoms with Crippen LogP contribution >= 0.6 is 31.9 Å². The molecule has 0 radical (unpaired) electrons. The van der Waals surface area contributed by atoms with Gasteiger partial charge in [0, 0.05) is 21.8 Å². The molecule has 0 bridgehead atoms. The van der Waals surface area contributed by atoms with Gasteiger partial charge >= 0.3 is 0 Å². The molecule has 0 saturated heterocycles. The number of hydrogen-bond donors (Lipinski definition) is 0. The number of nitriles is 4. The van der Waals surface area contributed by atoms with Gasteiger partial charge in [-0.05, 0) is 0 Å². The summed E-state index contributed by atoms with van der Waals surface area (Å²) >= 11 is 6.36. The van der Waals surface area contributed by atoms with Gasteiger partial charge in [0.15, 0.2) is 0 Å². The average Bonchev–Trinajstić information content (AvgIpc) is 2.43. The van der Waals surface area contributed by atoms with Crippen LogP contribution < -0.4 is 0 Å². The second kappa shape index (κ2) is 6.18. The van der Waals surface area contributed by atoms with Crippen molar-refractivity contribution in [1.82, 2.24) is 0 Å². The van der Waals surface area contributed by atoms with Crippen molar-refractivity contribution >= 4 is 31.9 Å². The van der Waals surface area contributed by atoms with Crippen LogP contribution in [0.15, 0.2) is 0 Å². The number of rotatable bonds is 2. The SMILES string of the molecule is N#Cc1c(C#N)c(CBr)c(C#N)c(C#N)c1CBr. The van der Waals surface area contributed by atoms with Gasteiger partial charge < -0.3 is 0 Å². The highest BCUT2D eigenvalue weighted by molar-refractivity contribution is 9.08. The lowest BCUT2D eigenvalue weighted by atomic mass is 9.89. The quantitative estimate of drug-likeness (QED) is 0.754. The van der Waals surface area contributed by atoms with E-state index in [1.165, 1.54) is 0 Å². The number of nitrogens with zero attached hydrogens (tertiary/aromatic N) is 4. The molecule has 86 valence electrons. The molecule has 0 fully saturated rings. The van der Waals surface area contributed by atoms with Gasteiger partial charge in [-0.25, -0.2) is 0 Å². The van der Waals surface area contributed by atoms with Gasteiger partial charge in [0.1, 0.15) is 24.3 Å². The largest absolute Gasteiger partial charge is 0.192 e. The Kier molecular flexibility index (Phi) is 4.87. The molecule has 1 aromatic carbocycles. The molecule has 0 N–H and O–H groups in total. The summed E-state index contributed by atoms with van der Waals surface area (Å²) in [4.78, 5) is 0. The van der Waals surface area contributed by atoms with Crippen LogP contribution in [0.3, 0.4) is 0 Å². The Hall–Kier alpha value is -1.86. The Bertz CT molecular complexity index is 554. The lowest BCUT2D eigenvalue weighted by Gasteiger charge is -2.11. The van der Waals surface area contributed by atoms with E-state index in [1.807, 2.05) is 24.3 Å². The van der Waals surface area contributed by atoms with E-state index in [1.54, 1.807) is 0 Å². The number of alkyl halides is 2. The summed E-state index contributed by atoms with van der Waals surface area (Å²) in [6, 6.07) is 7.73. The summed E-state index contributed by atoms with van der Waals surface area (Å²) < 4.78 is 0. The molecular weight excluding hydrogens is 360 g/mol. The predicted molar refractivity (Wildman–Crippen MR) is 70.6 cm³/mol. The van der Waals surface area contributed by atoms with Crippen LogP contribution in [0.5, 0.6) is 0 Å². The van der Waals surface area contributed by atoms with E-state index in [9.17, 15) is 0 Å². The van der Waals surface area contributed by atoms with Gasteiger partial charge in [-0.2, -0.15) is 21.0 Å². The molecule has 0 aliphatic carbocycles. The first-order valence-electron chi connectivity index (χ1n) is 4.64. The molecule has 18 heavy (non-hydrogen) atoms. The third-order valence-corrected chi connectivity index (χ3v) is 3.54. The minimum absolute atomic E-state index is 0.152. The van der Waals surface area contributed by atoms with Gasteiger partial charge in [0.2, 0.25) is 0 Å². The third kappa shape index (κ3) is 2.09. The first-order chi connectivity index (χ1) is 8.69. The smallest absolute Gasteiger partial charge is 0.101 e. The van der Waals surface area contributed by atoms with Crippen molar-refractivity contribution in [2.75, 3.05) is 0 Å². The second-order valence-corrected chi connectivity index (χ2v) is 4.29. The van der Waals surface area contributed by atoms with Crippen molar-refractivity contribution in [3.05, 3.63) is 33.4 Å². The fraction of sp³-hybridized carbons (Fsp3) is 0.167. The Morgan fingerprint density at radius 3 is 0.944 bits per heavy atom. The molecule has 0 aliphatic rings. The predicted octanol–water partition coefficient (Wildman–Crippen LogP) is 2.96. The molecule has 1 aromatic rings. The average molecular weight is 364 g/mol. The maximum Gasteiger partial charge on any atom is 0.101 e. The van der Waals surface area contributed by atoms with Crippen molar-refractivity contribution in [3.8, 4) is 24.3 Å². The van der Waals surface area contributed by atoms with E-state index in [2.05, 4.69) is 31.9 Å². The summed E-state index contributed by atoms with van der Waals surface area (Å²) in [7, 11) is 0. The summed E-state index contributed by atoms with van der Waals surface area (Å²) in [6.07, 6.45) is 0. The zero-order chi connectivity index (χ0) is 13.7. The van der Waals surface area contributed by atoms with Gasteiger partial charge in [-0.15, -0.1) is 0 Å². The maximum atomic E-state index is 9.14. The van der Waals surface area contributed by atoms with Crippen LogP contribution in [0, 0.1) is 45.3 Å². The van der Waals surface area contributed by atoms with E-state index < -0.39 is 0 Å². The molecular formula is C12H4Br2N4. The number of hydrogen-bond acceptors (Lipinski definition) is 4. The summed E-state index contributed by atoms with van der Waals surface area (Å²) in [5, 5.41) is 37.0. The molecule has 0 saturated carbocycles. The second-order valence-electron chi connectivity index (χ2n) is 3.17. The standard InChI is InChI=1S/C12H4Br2N4/c13-1-7-9(3-15)11(5-17)8(2-14)12(6-18)10(7)4-16/h1-2H2. The van der Waals surface area contributed by atoms with Crippen molar-refractivity contribution in [2.24, 2.45) is 0 Å². The normalized spacial score (nSPS) is 8.78. The van der Waals surface area contributed by atoms with Crippen LogP contribution in [-0.4, -0.2) is 0 Å². The Morgan fingerprint density at radius 1 is 0.611 bits per heavy atom. The molecule has 0 unspecified atom stereocenters. The molecule has 0 amide bonds. The van der Waals surface area contributed by atoms with E-state index in [-0.39, 0.29) is 32.9 Å². The van der Waals surface area contributed by atoms with Gasteiger partial charge in [-0.3, -0.25) is 0 Å². The Balaban J connectivity index is 4.03. The van der Waals surface area contributed by atoms with E-state index >= 15 is 0 Å². The fourth-order valence-corrected chi connectivity index (χ4v) is 2.74. The highest BCUT2D eigenvalue weighted by Gasteiger charge is 2.22. The molecule has 0 aromatic heterocycles. The molecule has 6 heteroatoms.